The molecule has 2 aromatic heterocycles. The van der Waals surface area contributed by atoms with Gasteiger partial charge in [0.2, 0.25) is 0 Å². The van der Waals surface area contributed by atoms with E-state index < -0.39 is 0 Å². The number of nitrogens with one attached hydrogen (secondary N) is 1. The largest absolute Gasteiger partial charge is 0.497 e. The molecule has 0 radical (unpaired) electrons. The lowest BCUT2D eigenvalue weighted by atomic mass is 10.2. The molecule has 0 saturated heterocycles. The van der Waals surface area contributed by atoms with Gasteiger partial charge in [-0.1, -0.05) is 12.1 Å². The number of carbonyl (C=O) groups excluding carboxylic acids is 1. The number of hydrogen-bond acceptors (Lipinski definition) is 3. The van der Waals surface area contributed by atoms with E-state index in [1.54, 1.807) is 25.3 Å². The molecule has 5 nitrogen and oxygen atoms in total. The molecule has 0 aliphatic heterocycles. The average Bonchev–Trinajstić information content (AvgIpc) is 2.96. The molecule has 5 heteroatoms. The Labute approximate surface area is 134 Å². The molecule has 118 valence electrons. The fourth-order valence-corrected chi connectivity index (χ4v) is 2.45. The number of ether oxygens (including phenoxy) is 1. The van der Waals surface area contributed by atoms with E-state index in [1.165, 1.54) is 5.56 Å². The number of fused-ring (bicyclic) bond motifs is 1. The van der Waals surface area contributed by atoms with Gasteiger partial charge in [-0.05, 0) is 36.8 Å². The van der Waals surface area contributed by atoms with E-state index in [0.29, 0.717) is 24.3 Å². The molecule has 0 aliphatic rings. The van der Waals surface area contributed by atoms with E-state index in [2.05, 4.69) is 10.3 Å². The van der Waals surface area contributed by atoms with E-state index in [9.17, 15) is 4.79 Å². The van der Waals surface area contributed by atoms with Gasteiger partial charge in [-0.3, -0.25) is 4.79 Å². The second-order valence-electron chi connectivity index (χ2n) is 5.44. The molecule has 0 saturated carbocycles. The van der Waals surface area contributed by atoms with Gasteiger partial charge in [0.1, 0.15) is 11.4 Å². The number of rotatable bonds is 5. The van der Waals surface area contributed by atoms with Crippen LogP contribution in [0.1, 0.15) is 21.6 Å². The molecular weight excluding hydrogens is 290 g/mol. The van der Waals surface area contributed by atoms with Crippen molar-refractivity contribution < 1.29 is 9.53 Å². The second-order valence-corrected chi connectivity index (χ2v) is 5.44. The van der Waals surface area contributed by atoms with Crippen LogP contribution in [0.2, 0.25) is 0 Å². The summed E-state index contributed by atoms with van der Waals surface area (Å²) < 4.78 is 7.14. The molecule has 1 N–H and O–H groups in total. The van der Waals surface area contributed by atoms with Gasteiger partial charge >= 0.3 is 0 Å². The van der Waals surface area contributed by atoms with Crippen molar-refractivity contribution in [3.8, 4) is 5.75 Å². The van der Waals surface area contributed by atoms with Crippen LogP contribution in [0.3, 0.4) is 0 Å². The molecule has 2 heterocycles. The van der Waals surface area contributed by atoms with E-state index in [1.807, 2.05) is 41.9 Å². The zero-order chi connectivity index (χ0) is 16.2. The molecule has 0 atom stereocenters. The molecule has 0 bridgehead atoms. The summed E-state index contributed by atoms with van der Waals surface area (Å²) >= 11 is 0. The number of pyridine rings is 1. The fraction of sp³-hybridized carbons (Fsp3) is 0.222. The summed E-state index contributed by atoms with van der Waals surface area (Å²) in [6.07, 6.45) is 4.73. The summed E-state index contributed by atoms with van der Waals surface area (Å²) in [6.45, 7) is 2.59. The highest BCUT2D eigenvalue weighted by atomic mass is 16.5. The van der Waals surface area contributed by atoms with Gasteiger partial charge in [0.25, 0.3) is 5.91 Å². The smallest absolute Gasteiger partial charge is 0.251 e. The third kappa shape index (κ3) is 3.51. The minimum Gasteiger partial charge on any atom is -0.497 e. The molecular formula is C18H19N3O2. The molecule has 0 spiro atoms. The highest BCUT2D eigenvalue weighted by Gasteiger charge is 2.07. The van der Waals surface area contributed by atoms with Crippen molar-refractivity contribution in [2.24, 2.45) is 0 Å². The minimum atomic E-state index is -0.108. The molecule has 23 heavy (non-hydrogen) atoms. The van der Waals surface area contributed by atoms with Gasteiger partial charge in [-0.2, -0.15) is 0 Å². The van der Waals surface area contributed by atoms with Crippen LogP contribution in [0.5, 0.6) is 5.75 Å². The van der Waals surface area contributed by atoms with Crippen LogP contribution in [0.25, 0.3) is 5.65 Å². The maximum atomic E-state index is 12.1. The second kappa shape index (κ2) is 6.52. The fourth-order valence-electron chi connectivity index (χ4n) is 2.45. The van der Waals surface area contributed by atoms with Crippen LogP contribution >= 0.6 is 0 Å². The number of aromatic nitrogens is 2. The maximum absolute atomic E-state index is 12.1. The first kappa shape index (κ1) is 15.1. The van der Waals surface area contributed by atoms with Crippen LogP contribution in [0, 0.1) is 6.92 Å². The number of imidazole rings is 1. The predicted octanol–water partition coefficient (Wildman–Crippen LogP) is 2.62. The number of aryl methyl sites for hydroxylation is 1. The number of nitrogens with zero attached hydrogens (tertiary/aromatic N) is 2. The molecule has 1 aromatic carbocycles. The Balaban J connectivity index is 1.60. The molecule has 1 amide bonds. The Hall–Kier alpha value is -2.82. The summed E-state index contributed by atoms with van der Waals surface area (Å²) in [4.78, 5) is 16.7. The molecule has 3 rings (SSSR count). The lowest BCUT2D eigenvalue weighted by Crippen LogP contribution is -2.25. The van der Waals surface area contributed by atoms with Crippen molar-refractivity contribution in [2.45, 2.75) is 13.3 Å². The number of benzene rings is 1. The van der Waals surface area contributed by atoms with Crippen molar-refractivity contribution in [3.63, 3.8) is 0 Å². The van der Waals surface area contributed by atoms with Crippen LogP contribution in [-0.2, 0) is 6.42 Å². The third-order valence-corrected chi connectivity index (χ3v) is 3.65. The molecule has 0 aliphatic carbocycles. The van der Waals surface area contributed by atoms with Gasteiger partial charge in [0, 0.05) is 30.9 Å². The Kier molecular flexibility index (Phi) is 4.28. The molecule has 3 aromatic rings. The van der Waals surface area contributed by atoms with Crippen molar-refractivity contribution in [1.82, 2.24) is 14.7 Å². The normalized spacial score (nSPS) is 10.7. The average molecular weight is 309 g/mol. The molecule has 0 unspecified atom stereocenters. The summed E-state index contributed by atoms with van der Waals surface area (Å²) in [5.41, 5.74) is 3.66. The van der Waals surface area contributed by atoms with Crippen molar-refractivity contribution in [1.29, 1.82) is 0 Å². The summed E-state index contributed by atoms with van der Waals surface area (Å²) in [6, 6.07) is 11.1. The topological polar surface area (TPSA) is 55.6 Å². The minimum absolute atomic E-state index is 0.108. The highest BCUT2D eigenvalue weighted by Crippen LogP contribution is 2.12. The first-order chi connectivity index (χ1) is 11.2. The molecule has 0 fully saturated rings. The first-order valence-corrected chi connectivity index (χ1v) is 7.52. The maximum Gasteiger partial charge on any atom is 0.251 e. The van der Waals surface area contributed by atoms with Crippen molar-refractivity contribution in [2.75, 3.05) is 13.7 Å². The van der Waals surface area contributed by atoms with Crippen LogP contribution in [-0.4, -0.2) is 28.9 Å². The monoisotopic (exact) mass is 309 g/mol. The number of amides is 1. The van der Waals surface area contributed by atoms with E-state index in [4.69, 9.17) is 4.74 Å². The number of methoxy groups -OCH3 is 1. The standard InChI is InChI=1S/C18H19N3O2/c1-13-6-7-17-20-15(12-21(17)11-13)8-9-19-18(22)14-4-3-5-16(10-14)23-2/h3-7,10-12H,8-9H2,1-2H3,(H,19,22). The Bertz CT molecular complexity index is 839. The summed E-state index contributed by atoms with van der Waals surface area (Å²) in [5, 5.41) is 2.91. The van der Waals surface area contributed by atoms with E-state index >= 15 is 0 Å². The highest BCUT2D eigenvalue weighted by molar-refractivity contribution is 5.94. The van der Waals surface area contributed by atoms with E-state index in [0.717, 1.165) is 11.3 Å². The third-order valence-electron chi connectivity index (χ3n) is 3.65. The van der Waals surface area contributed by atoms with Gasteiger partial charge in [0.05, 0.1) is 12.8 Å². The zero-order valence-electron chi connectivity index (χ0n) is 13.2. The van der Waals surface area contributed by atoms with Crippen LogP contribution in [0.15, 0.2) is 48.8 Å². The van der Waals surface area contributed by atoms with Gasteiger partial charge in [-0.25, -0.2) is 4.98 Å². The zero-order valence-corrected chi connectivity index (χ0v) is 13.2. The van der Waals surface area contributed by atoms with E-state index in [-0.39, 0.29) is 5.91 Å². The first-order valence-electron chi connectivity index (χ1n) is 7.52. The van der Waals surface area contributed by atoms with Gasteiger partial charge in [-0.15, -0.1) is 0 Å². The number of hydrogen-bond donors (Lipinski definition) is 1. The van der Waals surface area contributed by atoms with Crippen molar-refractivity contribution in [3.05, 3.63) is 65.6 Å². The summed E-state index contributed by atoms with van der Waals surface area (Å²) in [5.74, 6) is 0.567. The lowest BCUT2D eigenvalue weighted by molar-refractivity contribution is 0.0953. The Morgan fingerprint density at radius 3 is 2.96 bits per heavy atom. The SMILES string of the molecule is COc1cccc(C(=O)NCCc2cn3cc(C)ccc3n2)c1. The quantitative estimate of drug-likeness (QED) is 0.788. The van der Waals surface area contributed by atoms with Gasteiger partial charge in [0.15, 0.2) is 0 Å². The Morgan fingerprint density at radius 2 is 2.13 bits per heavy atom. The number of carbonyl (C=O) groups is 1. The van der Waals surface area contributed by atoms with Crippen molar-refractivity contribution >= 4 is 11.6 Å². The van der Waals surface area contributed by atoms with Gasteiger partial charge < -0.3 is 14.5 Å². The van der Waals surface area contributed by atoms with Crippen LogP contribution < -0.4 is 10.1 Å². The summed E-state index contributed by atoms with van der Waals surface area (Å²) in [7, 11) is 1.59. The van der Waals surface area contributed by atoms with Crippen LogP contribution in [0.4, 0.5) is 0 Å². The lowest BCUT2D eigenvalue weighted by Gasteiger charge is -2.05. The predicted molar refractivity (Wildman–Crippen MR) is 89.0 cm³/mol. The Morgan fingerprint density at radius 1 is 1.26 bits per heavy atom.